The second-order valence-corrected chi connectivity index (χ2v) is 8.45. The molecule has 0 saturated heterocycles. The van der Waals surface area contributed by atoms with Gasteiger partial charge in [0.2, 0.25) is 10.9 Å². The van der Waals surface area contributed by atoms with Crippen LogP contribution in [0.25, 0.3) is 15.2 Å². The minimum atomic E-state index is -0.252. The first-order valence-electron chi connectivity index (χ1n) is 7.33. The molecule has 2 heterocycles. The maximum Gasteiger partial charge on any atom is 0.234 e. The van der Waals surface area contributed by atoms with Crippen LogP contribution in [0.2, 0.25) is 15.1 Å². The molecule has 2 aromatic heterocycles. The molecule has 0 fully saturated rings. The summed E-state index contributed by atoms with van der Waals surface area (Å²) in [5, 5.41) is 12.7. The third-order valence-electron chi connectivity index (χ3n) is 3.51. The van der Waals surface area contributed by atoms with E-state index in [1.165, 1.54) is 23.9 Å². The van der Waals surface area contributed by atoms with E-state index in [1.54, 1.807) is 11.3 Å². The second kappa shape index (κ2) is 7.25. The summed E-state index contributed by atoms with van der Waals surface area (Å²) in [4.78, 5) is 13.1. The summed E-state index contributed by atoms with van der Waals surface area (Å²) in [7, 11) is 0. The summed E-state index contributed by atoms with van der Waals surface area (Å²) in [6.45, 7) is 0. The summed E-state index contributed by atoms with van der Waals surface area (Å²) in [5.74, 6) is -0.113. The van der Waals surface area contributed by atoms with Crippen LogP contribution in [0.15, 0.2) is 41.6 Å². The van der Waals surface area contributed by atoms with Gasteiger partial charge in [-0.1, -0.05) is 70.0 Å². The molecule has 0 atom stereocenters. The molecule has 0 aliphatic carbocycles. The zero-order chi connectivity index (χ0) is 18.3. The Morgan fingerprint density at radius 1 is 1.15 bits per heavy atom. The van der Waals surface area contributed by atoms with Crippen molar-refractivity contribution >= 4 is 84.7 Å². The summed E-state index contributed by atoms with van der Waals surface area (Å²) in [6, 6.07) is 11.0. The van der Waals surface area contributed by atoms with Gasteiger partial charge in [0.15, 0.2) is 5.16 Å². The van der Waals surface area contributed by atoms with Crippen LogP contribution in [0.4, 0.5) is 5.69 Å². The minimum absolute atomic E-state index is 0.139. The summed E-state index contributed by atoms with van der Waals surface area (Å²) >= 11 is 20.9. The van der Waals surface area contributed by atoms with Gasteiger partial charge in [-0.2, -0.15) is 0 Å². The quantitative estimate of drug-likeness (QED) is 0.415. The number of fused-ring (bicyclic) bond motifs is 3. The van der Waals surface area contributed by atoms with Crippen molar-refractivity contribution in [1.82, 2.24) is 14.6 Å². The van der Waals surface area contributed by atoms with Crippen molar-refractivity contribution in [2.45, 2.75) is 5.16 Å². The fourth-order valence-corrected chi connectivity index (χ4v) is 5.10. The lowest BCUT2D eigenvalue weighted by Gasteiger charge is -2.09. The molecular weight excluding hydrogens is 435 g/mol. The Morgan fingerprint density at radius 3 is 2.65 bits per heavy atom. The monoisotopic (exact) mass is 442 g/mol. The molecule has 4 aromatic rings. The number of para-hydroxylation sites is 1. The number of anilines is 1. The molecule has 132 valence electrons. The van der Waals surface area contributed by atoms with Gasteiger partial charge in [0, 0.05) is 5.02 Å². The zero-order valence-corrected chi connectivity index (χ0v) is 16.8. The Kier molecular flexibility index (Phi) is 4.98. The highest BCUT2D eigenvalue weighted by Crippen LogP contribution is 2.34. The number of nitrogens with one attached hydrogen (secondary N) is 1. The molecule has 0 aliphatic rings. The molecule has 0 saturated carbocycles. The molecule has 1 N–H and O–H groups in total. The normalized spacial score (nSPS) is 11.3. The third-order valence-corrected chi connectivity index (χ3v) is 6.27. The molecule has 2 aromatic carbocycles. The number of carbonyl (C=O) groups excluding carboxylic acids is 1. The predicted octanol–water partition coefficient (Wildman–Crippen LogP) is 5.64. The van der Waals surface area contributed by atoms with Gasteiger partial charge in [0.1, 0.15) is 0 Å². The Bertz CT molecular complexity index is 1120. The lowest BCUT2D eigenvalue weighted by molar-refractivity contribution is -0.113. The molecule has 4 rings (SSSR count). The average molecular weight is 444 g/mol. The van der Waals surface area contributed by atoms with Gasteiger partial charge >= 0.3 is 0 Å². The number of carbonyl (C=O) groups is 1. The van der Waals surface area contributed by atoms with Gasteiger partial charge in [-0.25, -0.2) is 0 Å². The Balaban J connectivity index is 1.53. The van der Waals surface area contributed by atoms with E-state index < -0.39 is 0 Å². The molecule has 10 heteroatoms. The Labute approximate surface area is 171 Å². The zero-order valence-electron chi connectivity index (χ0n) is 12.9. The van der Waals surface area contributed by atoms with Crippen LogP contribution < -0.4 is 5.32 Å². The molecule has 0 spiro atoms. The van der Waals surface area contributed by atoms with E-state index in [-0.39, 0.29) is 21.7 Å². The standard InChI is InChI=1S/C16H9Cl3N4OS2/c17-8-5-9(18)14(10(19)6-8)20-13(24)7-25-15-21-22-16-23(15)11-3-1-2-4-12(11)26-16/h1-6H,7H2,(H,20,24). The maximum absolute atomic E-state index is 12.3. The van der Waals surface area contributed by atoms with Crippen molar-refractivity contribution in [2.24, 2.45) is 0 Å². The summed E-state index contributed by atoms with van der Waals surface area (Å²) < 4.78 is 3.06. The number of halogens is 3. The number of amides is 1. The van der Waals surface area contributed by atoms with Gasteiger partial charge in [0.05, 0.1) is 31.7 Å². The number of hydrogen-bond donors (Lipinski definition) is 1. The summed E-state index contributed by atoms with van der Waals surface area (Å²) in [5.41, 5.74) is 1.36. The van der Waals surface area contributed by atoms with Crippen LogP contribution in [-0.4, -0.2) is 26.3 Å². The van der Waals surface area contributed by atoms with Crippen LogP contribution in [0.1, 0.15) is 0 Å². The average Bonchev–Trinajstić information content (AvgIpc) is 3.15. The molecule has 0 bridgehead atoms. The van der Waals surface area contributed by atoms with E-state index in [0.717, 1.165) is 15.2 Å². The number of nitrogens with zero attached hydrogens (tertiary/aromatic N) is 3. The van der Waals surface area contributed by atoms with Crippen molar-refractivity contribution in [3.05, 3.63) is 51.5 Å². The van der Waals surface area contributed by atoms with Crippen LogP contribution in [0.5, 0.6) is 0 Å². The van der Waals surface area contributed by atoms with Crippen molar-refractivity contribution in [2.75, 3.05) is 11.1 Å². The van der Waals surface area contributed by atoms with Gasteiger partial charge in [0.25, 0.3) is 0 Å². The first-order valence-corrected chi connectivity index (χ1v) is 10.3. The van der Waals surface area contributed by atoms with E-state index in [4.69, 9.17) is 34.8 Å². The number of hydrogen-bond acceptors (Lipinski definition) is 5. The lowest BCUT2D eigenvalue weighted by Crippen LogP contribution is -2.15. The molecule has 5 nitrogen and oxygen atoms in total. The molecule has 1 amide bonds. The SMILES string of the molecule is O=C(CSc1nnc2sc3ccccc3n12)Nc1c(Cl)cc(Cl)cc1Cl. The van der Waals surface area contributed by atoms with E-state index in [1.807, 2.05) is 28.7 Å². The number of rotatable bonds is 4. The highest BCUT2D eigenvalue weighted by Gasteiger charge is 2.16. The highest BCUT2D eigenvalue weighted by molar-refractivity contribution is 7.99. The topological polar surface area (TPSA) is 59.3 Å². The van der Waals surface area contributed by atoms with Crippen molar-refractivity contribution in [3.8, 4) is 0 Å². The highest BCUT2D eigenvalue weighted by atomic mass is 35.5. The molecule has 0 radical (unpaired) electrons. The van der Waals surface area contributed by atoms with Gasteiger partial charge in [-0.3, -0.25) is 9.20 Å². The molecule has 0 unspecified atom stereocenters. The van der Waals surface area contributed by atoms with Crippen molar-refractivity contribution in [1.29, 1.82) is 0 Å². The van der Waals surface area contributed by atoms with E-state index in [2.05, 4.69) is 15.5 Å². The van der Waals surface area contributed by atoms with Crippen LogP contribution >= 0.6 is 57.9 Å². The first-order chi connectivity index (χ1) is 12.5. The van der Waals surface area contributed by atoms with Crippen molar-refractivity contribution in [3.63, 3.8) is 0 Å². The van der Waals surface area contributed by atoms with E-state index in [9.17, 15) is 4.79 Å². The van der Waals surface area contributed by atoms with E-state index in [0.29, 0.717) is 15.9 Å². The van der Waals surface area contributed by atoms with E-state index >= 15 is 0 Å². The Morgan fingerprint density at radius 2 is 1.88 bits per heavy atom. The summed E-state index contributed by atoms with van der Waals surface area (Å²) in [6.07, 6.45) is 0. The second-order valence-electron chi connectivity index (χ2n) is 5.25. The minimum Gasteiger partial charge on any atom is -0.323 e. The molecule has 26 heavy (non-hydrogen) atoms. The van der Waals surface area contributed by atoms with Crippen LogP contribution in [0, 0.1) is 0 Å². The van der Waals surface area contributed by atoms with Gasteiger partial charge < -0.3 is 5.32 Å². The number of thiazole rings is 1. The predicted molar refractivity (Wildman–Crippen MR) is 109 cm³/mol. The van der Waals surface area contributed by atoms with Gasteiger partial charge in [-0.15, -0.1) is 10.2 Å². The van der Waals surface area contributed by atoms with Crippen LogP contribution in [-0.2, 0) is 4.79 Å². The fraction of sp³-hybridized carbons (Fsp3) is 0.0625. The van der Waals surface area contributed by atoms with Crippen molar-refractivity contribution < 1.29 is 4.79 Å². The molecule has 0 aliphatic heterocycles. The number of thioether (sulfide) groups is 1. The van der Waals surface area contributed by atoms with Crippen LogP contribution in [0.3, 0.4) is 0 Å². The third kappa shape index (κ3) is 3.37. The lowest BCUT2D eigenvalue weighted by atomic mass is 10.3. The Hall–Kier alpha value is -1.51. The first kappa shape index (κ1) is 17.9. The largest absolute Gasteiger partial charge is 0.323 e. The van der Waals surface area contributed by atoms with Gasteiger partial charge in [-0.05, 0) is 24.3 Å². The number of benzene rings is 2. The maximum atomic E-state index is 12.3. The smallest absolute Gasteiger partial charge is 0.234 e. The number of aromatic nitrogens is 3. The fourth-order valence-electron chi connectivity index (χ4n) is 2.42. The molecular formula is C16H9Cl3N4OS2.